The summed E-state index contributed by atoms with van der Waals surface area (Å²) in [6.45, 7) is 11.9. The molecule has 1 spiro atoms. The van der Waals surface area contributed by atoms with Crippen LogP contribution in [0.4, 0.5) is 0 Å². The van der Waals surface area contributed by atoms with Gasteiger partial charge >= 0.3 is 0 Å². The fourth-order valence-electron chi connectivity index (χ4n) is 3.09. The molecular weight excluding hydrogens is 314 g/mol. The Bertz CT molecular complexity index is 531. The number of sulfone groups is 1. The number of guanidine groups is 1. The molecule has 0 aromatic carbocycles. The lowest BCUT2D eigenvalue weighted by molar-refractivity contribution is 0.156. The second kappa shape index (κ2) is 6.97. The van der Waals surface area contributed by atoms with Crippen LogP contribution in [0.2, 0.25) is 0 Å². The van der Waals surface area contributed by atoms with E-state index in [0.29, 0.717) is 6.54 Å². The average Bonchev–Trinajstić information content (AvgIpc) is 3.07. The number of hydrogen-bond donors (Lipinski definition) is 1. The van der Waals surface area contributed by atoms with Gasteiger partial charge in [0.1, 0.15) is 0 Å². The van der Waals surface area contributed by atoms with E-state index in [2.05, 4.69) is 15.2 Å². The van der Waals surface area contributed by atoms with Gasteiger partial charge in [0.05, 0.1) is 23.7 Å². The van der Waals surface area contributed by atoms with Gasteiger partial charge in [-0.1, -0.05) is 0 Å². The second-order valence-corrected chi connectivity index (χ2v) is 10.5. The third-order valence-electron chi connectivity index (χ3n) is 4.81. The standard InChI is InChI=1S/C16H31N3O3S/c1-5-17-14(18-8-11-23(20,21)15(2,3)4)19-9-6-16(12-19)7-10-22-13-16/h5-13H2,1-4H3,(H,17,18). The first-order valence-corrected chi connectivity index (χ1v) is 10.2. The van der Waals surface area contributed by atoms with Crippen LogP contribution < -0.4 is 5.32 Å². The lowest BCUT2D eigenvalue weighted by Gasteiger charge is -2.25. The quantitative estimate of drug-likeness (QED) is 0.614. The molecule has 2 aliphatic heterocycles. The molecule has 0 aliphatic carbocycles. The van der Waals surface area contributed by atoms with Crippen LogP contribution in [0, 0.1) is 5.41 Å². The molecule has 0 amide bonds. The van der Waals surface area contributed by atoms with Crippen LogP contribution in [-0.2, 0) is 14.6 Å². The van der Waals surface area contributed by atoms with Crippen molar-refractivity contribution in [1.82, 2.24) is 10.2 Å². The van der Waals surface area contributed by atoms with Gasteiger partial charge in [-0.15, -0.1) is 0 Å². The molecule has 2 aliphatic rings. The Balaban J connectivity index is 1.98. The molecular formula is C16H31N3O3S. The van der Waals surface area contributed by atoms with Crippen LogP contribution >= 0.6 is 0 Å². The molecule has 134 valence electrons. The van der Waals surface area contributed by atoms with Gasteiger partial charge in [0, 0.05) is 31.7 Å². The molecule has 0 aromatic heterocycles. The molecule has 2 rings (SSSR count). The normalized spacial score (nSPS) is 26.3. The summed E-state index contributed by atoms with van der Waals surface area (Å²) in [5.41, 5.74) is 0.272. The lowest BCUT2D eigenvalue weighted by Crippen LogP contribution is -2.42. The highest BCUT2D eigenvalue weighted by molar-refractivity contribution is 7.92. The molecule has 1 N–H and O–H groups in total. The summed E-state index contributed by atoms with van der Waals surface area (Å²) in [7, 11) is -3.13. The molecule has 23 heavy (non-hydrogen) atoms. The van der Waals surface area contributed by atoms with Crippen molar-refractivity contribution in [2.24, 2.45) is 10.4 Å². The third kappa shape index (κ3) is 4.38. The molecule has 6 nitrogen and oxygen atoms in total. The Kier molecular flexibility index (Phi) is 5.61. The van der Waals surface area contributed by atoms with Gasteiger partial charge in [-0.25, -0.2) is 8.42 Å². The van der Waals surface area contributed by atoms with E-state index in [1.54, 1.807) is 20.8 Å². The minimum absolute atomic E-state index is 0.0908. The molecule has 2 heterocycles. The van der Waals surface area contributed by atoms with Gasteiger partial charge < -0.3 is 15.0 Å². The van der Waals surface area contributed by atoms with E-state index in [1.165, 1.54) is 0 Å². The van der Waals surface area contributed by atoms with Crippen molar-refractivity contribution in [3.8, 4) is 0 Å². The maximum Gasteiger partial charge on any atom is 0.193 e. The Hall–Kier alpha value is -0.820. The summed E-state index contributed by atoms with van der Waals surface area (Å²) in [6, 6.07) is 0. The van der Waals surface area contributed by atoms with E-state index in [1.807, 2.05) is 6.92 Å². The third-order valence-corrected chi connectivity index (χ3v) is 7.40. The van der Waals surface area contributed by atoms with Crippen molar-refractivity contribution in [2.45, 2.75) is 45.3 Å². The van der Waals surface area contributed by atoms with Crippen molar-refractivity contribution < 1.29 is 13.2 Å². The predicted molar refractivity (Wildman–Crippen MR) is 93.6 cm³/mol. The van der Waals surface area contributed by atoms with Crippen molar-refractivity contribution in [3.63, 3.8) is 0 Å². The summed E-state index contributed by atoms with van der Waals surface area (Å²) in [5, 5.41) is 3.30. The highest BCUT2D eigenvalue weighted by Crippen LogP contribution is 2.38. The SMILES string of the molecule is CCNC(=NCCS(=O)(=O)C(C)(C)C)N1CCC2(CCOC2)C1. The number of aliphatic imine (C=N–C) groups is 1. The van der Waals surface area contributed by atoms with E-state index in [-0.39, 0.29) is 11.2 Å². The second-order valence-electron chi connectivity index (χ2n) is 7.64. The summed E-state index contributed by atoms with van der Waals surface area (Å²) >= 11 is 0. The predicted octanol–water partition coefficient (Wildman–Crippen LogP) is 1.28. The molecule has 1 unspecified atom stereocenters. The first kappa shape index (κ1) is 18.5. The molecule has 0 radical (unpaired) electrons. The fourth-order valence-corrected chi connectivity index (χ4v) is 4.04. The Morgan fingerprint density at radius 2 is 2.09 bits per heavy atom. The lowest BCUT2D eigenvalue weighted by atomic mass is 9.87. The van der Waals surface area contributed by atoms with Crippen LogP contribution in [0.5, 0.6) is 0 Å². The molecule has 0 aromatic rings. The van der Waals surface area contributed by atoms with Crippen LogP contribution in [0.3, 0.4) is 0 Å². The first-order valence-electron chi connectivity index (χ1n) is 8.52. The monoisotopic (exact) mass is 345 g/mol. The van der Waals surface area contributed by atoms with E-state index in [9.17, 15) is 8.42 Å². The van der Waals surface area contributed by atoms with Crippen LogP contribution in [0.25, 0.3) is 0 Å². The molecule has 0 saturated carbocycles. The maximum absolute atomic E-state index is 12.2. The van der Waals surface area contributed by atoms with Crippen molar-refractivity contribution in [2.75, 3.05) is 45.1 Å². The van der Waals surface area contributed by atoms with Gasteiger partial charge in [0.15, 0.2) is 15.8 Å². The molecule has 1 atom stereocenters. The van der Waals surface area contributed by atoms with Crippen molar-refractivity contribution >= 4 is 15.8 Å². The number of ether oxygens (including phenoxy) is 1. The Morgan fingerprint density at radius 1 is 1.35 bits per heavy atom. The summed E-state index contributed by atoms with van der Waals surface area (Å²) in [6.07, 6.45) is 2.24. The van der Waals surface area contributed by atoms with Crippen LogP contribution in [0.15, 0.2) is 4.99 Å². The summed E-state index contributed by atoms with van der Waals surface area (Å²) in [4.78, 5) is 6.81. The Labute approximate surface area is 140 Å². The summed E-state index contributed by atoms with van der Waals surface area (Å²) < 4.78 is 29.2. The smallest absolute Gasteiger partial charge is 0.193 e. The number of nitrogens with one attached hydrogen (secondary N) is 1. The van der Waals surface area contributed by atoms with Crippen molar-refractivity contribution in [3.05, 3.63) is 0 Å². The number of likely N-dealkylation sites (tertiary alicyclic amines) is 1. The van der Waals surface area contributed by atoms with Gasteiger partial charge in [0.25, 0.3) is 0 Å². The van der Waals surface area contributed by atoms with E-state index in [4.69, 9.17) is 4.74 Å². The summed E-state index contributed by atoms with van der Waals surface area (Å²) in [5.74, 6) is 0.924. The number of rotatable bonds is 4. The van der Waals surface area contributed by atoms with Crippen LogP contribution in [0.1, 0.15) is 40.5 Å². The molecule has 0 bridgehead atoms. The number of hydrogen-bond acceptors (Lipinski definition) is 4. The highest BCUT2D eigenvalue weighted by atomic mass is 32.2. The van der Waals surface area contributed by atoms with E-state index < -0.39 is 14.6 Å². The van der Waals surface area contributed by atoms with Gasteiger partial charge in [0.2, 0.25) is 0 Å². The fraction of sp³-hybridized carbons (Fsp3) is 0.938. The molecule has 2 saturated heterocycles. The molecule has 2 fully saturated rings. The average molecular weight is 346 g/mol. The van der Waals surface area contributed by atoms with Crippen LogP contribution in [-0.4, -0.2) is 69.2 Å². The van der Waals surface area contributed by atoms with Gasteiger partial charge in [-0.2, -0.15) is 0 Å². The van der Waals surface area contributed by atoms with Crippen molar-refractivity contribution in [1.29, 1.82) is 0 Å². The maximum atomic E-state index is 12.2. The highest BCUT2D eigenvalue weighted by Gasteiger charge is 2.42. The first-order chi connectivity index (χ1) is 10.7. The molecule has 7 heteroatoms. The van der Waals surface area contributed by atoms with Gasteiger partial charge in [-0.05, 0) is 40.5 Å². The van der Waals surface area contributed by atoms with E-state index in [0.717, 1.165) is 51.6 Å². The minimum atomic E-state index is -3.13. The Morgan fingerprint density at radius 3 is 2.65 bits per heavy atom. The minimum Gasteiger partial charge on any atom is -0.381 e. The van der Waals surface area contributed by atoms with Gasteiger partial charge in [-0.3, -0.25) is 4.99 Å². The number of nitrogens with zero attached hydrogens (tertiary/aromatic N) is 2. The zero-order valence-electron chi connectivity index (χ0n) is 14.9. The zero-order chi connectivity index (χ0) is 17.1. The topological polar surface area (TPSA) is 71.0 Å². The largest absolute Gasteiger partial charge is 0.381 e. The zero-order valence-corrected chi connectivity index (χ0v) is 15.7. The van der Waals surface area contributed by atoms with E-state index >= 15 is 0 Å².